The van der Waals surface area contributed by atoms with Gasteiger partial charge in [-0.3, -0.25) is 0 Å². The molecule has 0 radical (unpaired) electrons. The van der Waals surface area contributed by atoms with Crippen LogP contribution in [0.5, 0.6) is 0 Å². The standard InChI is InChI=1S/C18H21N/c1-15(18(19)17-13-6-3-7-14-17)9-8-12-16-10-4-2-5-11-16/h2-8,10-15,18H,9,19H2,1H3. The first-order valence-corrected chi connectivity index (χ1v) is 6.79. The third kappa shape index (κ3) is 4.08. The van der Waals surface area contributed by atoms with Gasteiger partial charge >= 0.3 is 0 Å². The van der Waals surface area contributed by atoms with Gasteiger partial charge in [-0.25, -0.2) is 0 Å². The molecule has 0 amide bonds. The Morgan fingerprint density at radius 2 is 1.53 bits per heavy atom. The smallest absolute Gasteiger partial charge is 0.0323 e. The maximum absolute atomic E-state index is 6.28. The Bertz CT molecular complexity index is 502. The van der Waals surface area contributed by atoms with Gasteiger partial charge in [0, 0.05) is 6.04 Å². The van der Waals surface area contributed by atoms with Crippen LogP contribution in [0.15, 0.2) is 66.7 Å². The molecule has 2 aromatic carbocycles. The van der Waals surface area contributed by atoms with E-state index in [0.717, 1.165) is 6.42 Å². The predicted molar refractivity (Wildman–Crippen MR) is 82.6 cm³/mol. The van der Waals surface area contributed by atoms with Gasteiger partial charge in [-0.1, -0.05) is 79.7 Å². The topological polar surface area (TPSA) is 26.0 Å². The van der Waals surface area contributed by atoms with Crippen LogP contribution in [0.3, 0.4) is 0 Å². The Kier molecular flexibility index (Phi) is 4.93. The number of rotatable bonds is 5. The van der Waals surface area contributed by atoms with Crippen molar-refractivity contribution >= 4 is 6.08 Å². The van der Waals surface area contributed by atoms with Gasteiger partial charge < -0.3 is 5.73 Å². The molecule has 2 rings (SSSR count). The normalized spacial score (nSPS) is 14.4. The molecule has 0 saturated heterocycles. The molecular weight excluding hydrogens is 230 g/mol. The Morgan fingerprint density at radius 1 is 0.947 bits per heavy atom. The summed E-state index contributed by atoms with van der Waals surface area (Å²) in [5.41, 5.74) is 8.73. The Morgan fingerprint density at radius 3 is 2.16 bits per heavy atom. The first-order chi connectivity index (χ1) is 9.27. The molecule has 2 N–H and O–H groups in total. The monoisotopic (exact) mass is 251 g/mol. The van der Waals surface area contributed by atoms with Crippen molar-refractivity contribution in [1.29, 1.82) is 0 Å². The van der Waals surface area contributed by atoms with Crippen LogP contribution in [0.25, 0.3) is 6.08 Å². The van der Waals surface area contributed by atoms with Crippen molar-refractivity contribution in [2.75, 3.05) is 0 Å². The van der Waals surface area contributed by atoms with Crippen molar-refractivity contribution in [2.24, 2.45) is 11.7 Å². The average molecular weight is 251 g/mol. The molecule has 0 saturated carbocycles. The van der Waals surface area contributed by atoms with Gasteiger partial charge in [0.15, 0.2) is 0 Å². The van der Waals surface area contributed by atoms with E-state index in [1.54, 1.807) is 0 Å². The minimum absolute atomic E-state index is 0.0987. The van der Waals surface area contributed by atoms with Gasteiger partial charge in [-0.05, 0) is 23.5 Å². The minimum atomic E-state index is 0.0987. The molecule has 0 aliphatic carbocycles. The molecule has 0 bridgehead atoms. The lowest BCUT2D eigenvalue weighted by molar-refractivity contribution is 0.477. The lowest BCUT2D eigenvalue weighted by atomic mass is 9.92. The zero-order chi connectivity index (χ0) is 13.5. The first kappa shape index (κ1) is 13.6. The second-order valence-electron chi connectivity index (χ2n) is 4.96. The van der Waals surface area contributed by atoms with E-state index in [2.05, 4.69) is 55.5 Å². The molecule has 98 valence electrons. The summed E-state index contributed by atoms with van der Waals surface area (Å²) in [4.78, 5) is 0. The second kappa shape index (κ2) is 6.91. The summed E-state index contributed by atoms with van der Waals surface area (Å²) in [5.74, 6) is 0.433. The van der Waals surface area contributed by atoms with Crippen molar-refractivity contribution in [3.63, 3.8) is 0 Å². The maximum Gasteiger partial charge on any atom is 0.0323 e. The molecule has 0 spiro atoms. The summed E-state index contributed by atoms with van der Waals surface area (Å²) in [7, 11) is 0. The fourth-order valence-electron chi connectivity index (χ4n) is 2.13. The van der Waals surface area contributed by atoms with Crippen molar-refractivity contribution in [3.8, 4) is 0 Å². The SMILES string of the molecule is CC(CC=Cc1ccccc1)C(N)c1ccccc1. The lowest BCUT2D eigenvalue weighted by Gasteiger charge is -2.18. The van der Waals surface area contributed by atoms with E-state index in [-0.39, 0.29) is 6.04 Å². The average Bonchev–Trinajstić information content (AvgIpc) is 2.48. The quantitative estimate of drug-likeness (QED) is 0.836. The highest BCUT2D eigenvalue weighted by atomic mass is 14.6. The zero-order valence-corrected chi connectivity index (χ0v) is 11.4. The molecule has 1 heteroatoms. The number of hydrogen-bond donors (Lipinski definition) is 1. The van der Waals surface area contributed by atoms with E-state index in [1.807, 2.05) is 24.3 Å². The predicted octanol–water partition coefficient (Wildman–Crippen LogP) is 4.43. The fourth-order valence-corrected chi connectivity index (χ4v) is 2.13. The van der Waals surface area contributed by atoms with Crippen molar-refractivity contribution in [3.05, 3.63) is 77.9 Å². The summed E-state index contributed by atoms with van der Waals surface area (Å²) in [6.07, 6.45) is 5.36. The molecule has 2 aromatic rings. The van der Waals surface area contributed by atoms with E-state index in [4.69, 9.17) is 5.73 Å². The van der Waals surface area contributed by atoms with Crippen molar-refractivity contribution < 1.29 is 0 Å². The number of hydrogen-bond acceptors (Lipinski definition) is 1. The molecule has 1 nitrogen and oxygen atoms in total. The molecule has 0 aromatic heterocycles. The molecule has 0 heterocycles. The van der Waals surface area contributed by atoms with Gasteiger partial charge in [0.1, 0.15) is 0 Å². The number of benzene rings is 2. The summed E-state index contributed by atoms with van der Waals surface area (Å²) in [6.45, 7) is 2.20. The summed E-state index contributed by atoms with van der Waals surface area (Å²) in [5, 5.41) is 0. The fraction of sp³-hybridized carbons (Fsp3) is 0.222. The molecule has 0 fully saturated rings. The Labute approximate surface area is 115 Å². The molecule has 19 heavy (non-hydrogen) atoms. The van der Waals surface area contributed by atoms with Crippen LogP contribution in [-0.4, -0.2) is 0 Å². The maximum atomic E-state index is 6.28. The highest BCUT2D eigenvalue weighted by Gasteiger charge is 2.12. The van der Waals surface area contributed by atoms with Crippen LogP contribution in [0.1, 0.15) is 30.5 Å². The summed E-state index contributed by atoms with van der Waals surface area (Å²) < 4.78 is 0. The highest BCUT2D eigenvalue weighted by Crippen LogP contribution is 2.22. The van der Waals surface area contributed by atoms with Crippen LogP contribution in [0, 0.1) is 5.92 Å². The third-order valence-electron chi connectivity index (χ3n) is 3.42. The number of allylic oxidation sites excluding steroid dienone is 1. The van der Waals surface area contributed by atoms with Gasteiger partial charge in [0.2, 0.25) is 0 Å². The largest absolute Gasteiger partial charge is 0.324 e. The number of nitrogens with two attached hydrogens (primary N) is 1. The van der Waals surface area contributed by atoms with E-state index in [9.17, 15) is 0 Å². The van der Waals surface area contributed by atoms with Crippen LogP contribution in [-0.2, 0) is 0 Å². The van der Waals surface area contributed by atoms with E-state index >= 15 is 0 Å². The second-order valence-corrected chi connectivity index (χ2v) is 4.96. The highest BCUT2D eigenvalue weighted by molar-refractivity contribution is 5.48. The van der Waals surface area contributed by atoms with Crippen LogP contribution in [0.4, 0.5) is 0 Å². The Hall–Kier alpha value is -1.86. The van der Waals surface area contributed by atoms with E-state index in [1.165, 1.54) is 11.1 Å². The van der Waals surface area contributed by atoms with Crippen molar-refractivity contribution in [2.45, 2.75) is 19.4 Å². The van der Waals surface area contributed by atoms with Crippen LogP contribution >= 0.6 is 0 Å². The molecule has 0 aliphatic heterocycles. The molecular formula is C18H21N. The molecule has 0 aliphatic rings. The Balaban J connectivity index is 1.91. The van der Waals surface area contributed by atoms with E-state index in [0.29, 0.717) is 5.92 Å². The molecule has 2 unspecified atom stereocenters. The summed E-state index contributed by atoms with van der Waals surface area (Å²) in [6, 6.07) is 20.8. The minimum Gasteiger partial charge on any atom is -0.324 e. The van der Waals surface area contributed by atoms with Gasteiger partial charge in [0.05, 0.1) is 0 Å². The van der Waals surface area contributed by atoms with Gasteiger partial charge in [-0.15, -0.1) is 0 Å². The zero-order valence-electron chi connectivity index (χ0n) is 11.4. The first-order valence-electron chi connectivity index (χ1n) is 6.79. The summed E-state index contributed by atoms with van der Waals surface area (Å²) >= 11 is 0. The lowest BCUT2D eigenvalue weighted by Crippen LogP contribution is -2.18. The molecule has 2 atom stereocenters. The van der Waals surface area contributed by atoms with Gasteiger partial charge in [-0.2, -0.15) is 0 Å². The van der Waals surface area contributed by atoms with Gasteiger partial charge in [0.25, 0.3) is 0 Å². The third-order valence-corrected chi connectivity index (χ3v) is 3.42. The van der Waals surface area contributed by atoms with E-state index < -0.39 is 0 Å². The van der Waals surface area contributed by atoms with Crippen molar-refractivity contribution in [1.82, 2.24) is 0 Å². The van der Waals surface area contributed by atoms with Crippen LogP contribution < -0.4 is 5.73 Å². The van der Waals surface area contributed by atoms with Crippen LogP contribution in [0.2, 0.25) is 0 Å².